The van der Waals surface area contributed by atoms with Crippen molar-refractivity contribution in [3.05, 3.63) is 90.0 Å². The summed E-state index contributed by atoms with van der Waals surface area (Å²) in [5.41, 5.74) is 2.54. The van der Waals surface area contributed by atoms with Crippen LogP contribution in [-0.2, 0) is 6.42 Å². The van der Waals surface area contributed by atoms with Gasteiger partial charge < -0.3 is 9.58 Å². The predicted octanol–water partition coefficient (Wildman–Crippen LogP) is 3.85. The molecule has 1 aromatic heterocycles. The van der Waals surface area contributed by atoms with Crippen LogP contribution in [0.25, 0.3) is 0 Å². The summed E-state index contributed by atoms with van der Waals surface area (Å²) in [5, 5.41) is 8.92. The molecule has 25 heavy (non-hydrogen) atoms. The lowest BCUT2D eigenvalue weighted by atomic mass is 9.67. The Hall–Kier alpha value is -2.33. The topological polar surface area (TPSA) is 38.1 Å². The van der Waals surface area contributed by atoms with Gasteiger partial charge in [0.2, 0.25) is 0 Å². The molecule has 0 amide bonds. The molecule has 0 aliphatic carbocycles. The molecule has 0 fully saturated rings. The van der Waals surface area contributed by atoms with E-state index in [9.17, 15) is 0 Å². The number of unbranched alkanes of at least 4 members (excludes halogenated alkanes) is 2. The molecule has 0 saturated heterocycles. The second kappa shape index (κ2) is 9.23. The molecule has 3 aromatic rings. The number of aryl methyl sites for hydroxylation is 1. The average molecular weight is 331 g/mol. The van der Waals surface area contributed by atoms with E-state index < -0.39 is 0 Å². The highest BCUT2D eigenvalue weighted by molar-refractivity contribution is 6.37. The van der Waals surface area contributed by atoms with Gasteiger partial charge in [-0.05, 0) is 24.0 Å². The molecule has 0 unspecified atom stereocenters. The number of aliphatic hydroxyl groups excluding tert-OH is 1. The van der Waals surface area contributed by atoms with Gasteiger partial charge in [0.05, 0.1) is 5.82 Å². The average Bonchev–Trinajstić information content (AvgIpc) is 3.12. The second-order valence-corrected chi connectivity index (χ2v) is 6.23. The van der Waals surface area contributed by atoms with Crippen LogP contribution in [0.15, 0.2) is 73.1 Å². The van der Waals surface area contributed by atoms with Crippen LogP contribution in [0.5, 0.6) is 0 Å². The summed E-state index contributed by atoms with van der Waals surface area (Å²) >= 11 is 0. The lowest BCUT2D eigenvalue weighted by Crippen LogP contribution is -2.20. The van der Waals surface area contributed by atoms with Crippen molar-refractivity contribution in [3.8, 4) is 0 Å². The van der Waals surface area contributed by atoms with Crippen molar-refractivity contribution in [3.63, 3.8) is 0 Å². The van der Waals surface area contributed by atoms with Crippen molar-refractivity contribution >= 4 is 7.41 Å². The Kier molecular flexibility index (Phi) is 6.46. The summed E-state index contributed by atoms with van der Waals surface area (Å²) in [6.45, 7) is 0.269. The predicted molar refractivity (Wildman–Crippen MR) is 103 cm³/mol. The van der Waals surface area contributed by atoms with Gasteiger partial charge in [-0.2, -0.15) is 0 Å². The molecular weight excluding hydrogens is 307 g/mol. The standard InChI is InChI=1S/C21H24BN2O/c25-17-9-3-8-14-20-23-15-16-24(20)22-21(18-10-4-1-5-11-18)19-12-6-2-7-13-19/h1-2,4-7,10-13,15-16,21,25H,3,8-9,14,17H2. The van der Waals surface area contributed by atoms with E-state index in [1.807, 2.05) is 12.4 Å². The van der Waals surface area contributed by atoms with Gasteiger partial charge in [-0.25, -0.2) is 4.98 Å². The van der Waals surface area contributed by atoms with Crippen molar-refractivity contribution in [2.45, 2.75) is 31.5 Å². The Labute approximate surface area is 150 Å². The summed E-state index contributed by atoms with van der Waals surface area (Å²) in [5.74, 6) is 1.27. The van der Waals surface area contributed by atoms with E-state index in [1.54, 1.807) is 0 Å². The van der Waals surface area contributed by atoms with Gasteiger partial charge >= 0.3 is 0 Å². The number of imidazole rings is 1. The van der Waals surface area contributed by atoms with Crippen LogP contribution in [0.3, 0.4) is 0 Å². The zero-order valence-corrected chi connectivity index (χ0v) is 14.5. The van der Waals surface area contributed by atoms with Gasteiger partial charge in [0.15, 0.2) is 0 Å². The largest absolute Gasteiger partial charge is 0.396 e. The van der Waals surface area contributed by atoms with Gasteiger partial charge in [-0.1, -0.05) is 67.1 Å². The van der Waals surface area contributed by atoms with Crippen LogP contribution in [-0.4, -0.2) is 28.6 Å². The first-order valence-corrected chi connectivity index (χ1v) is 8.96. The van der Waals surface area contributed by atoms with Crippen molar-refractivity contribution in [2.75, 3.05) is 6.61 Å². The summed E-state index contributed by atoms with van der Waals surface area (Å²) in [4.78, 5) is 4.52. The second-order valence-electron chi connectivity index (χ2n) is 6.23. The maximum atomic E-state index is 8.92. The van der Waals surface area contributed by atoms with E-state index in [0.29, 0.717) is 0 Å². The van der Waals surface area contributed by atoms with Crippen LogP contribution in [0, 0.1) is 0 Å². The highest BCUT2D eigenvalue weighted by Crippen LogP contribution is 2.24. The third-order valence-corrected chi connectivity index (χ3v) is 4.43. The molecule has 1 radical (unpaired) electrons. The van der Waals surface area contributed by atoms with E-state index in [-0.39, 0.29) is 12.4 Å². The van der Waals surface area contributed by atoms with Crippen molar-refractivity contribution in [2.24, 2.45) is 0 Å². The SMILES string of the molecule is OCCCCCc1nccn1[B]C(c1ccccc1)c1ccccc1. The third kappa shape index (κ3) is 4.83. The third-order valence-electron chi connectivity index (χ3n) is 4.43. The van der Waals surface area contributed by atoms with Crippen molar-refractivity contribution in [1.82, 2.24) is 9.46 Å². The van der Waals surface area contributed by atoms with E-state index >= 15 is 0 Å². The summed E-state index contributed by atoms with van der Waals surface area (Å²) < 4.78 is 2.16. The molecule has 4 heteroatoms. The first-order valence-electron chi connectivity index (χ1n) is 8.96. The van der Waals surface area contributed by atoms with Gasteiger partial charge in [0.25, 0.3) is 7.41 Å². The summed E-state index contributed by atoms with van der Waals surface area (Å²) in [6, 6.07) is 21.1. The Morgan fingerprint density at radius 1 is 0.880 bits per heavy atom. The lowest BCUT2D eigenvalue weighted by Gasteiger charge is -2.18. The smallest absolute Gasteiger partial charge is 0.266 e. The molecule has 0 atom stereocenters. The number of rotatable bonds is 9. The lowest BCUT2D eigenvalue weighted by molar-refractivity contribution is 0.283. The number of aromatic nitrogens is 2. The highest BCUT2D eigenvalue weighted by atomic mass is 16.2. The molecule has 3 nitrogen and oxygen atoms in total. The minimum atomic E-state index is 0.188. The van der Waals surface area contributed by atoms with Crippen molar-refractivity contribution < 1.29 is 5.11 Å². The molecular formula is C21H24BN2O. The quantitative estimate of drug-likeness (QED) is 0.478. The minimum absolute atomic E-state index is 0.188. The van der Waals surface area contributed by atoms with Gasteiger partial charge in [-0.3, -0.25) is 0 Å². The molecule has 0 aliphatic rings. The maximum absolute atomic E-state index is 8.92. The van der Waals surface area contributed by atoms with E-state index in [2.05, 4.69) is 77.5 Å². The molecule has 2 aromatic carbocycles. The fourth-order valence-electron chi connectivity index (χ4n) is 3.09. The molecule has 1 N–H and O–H groups in total. The Bertz CT molecular complexity index is 703. The van der Waals surface area contributed by atoms with Crippen LogP contribution >= 0.6 is 0 Å². The first kappa shape index (κ1) is 17.5. The Balaban J connectivity index is 1.79. The molecule has 0 saturated carbocycles. The Morgan fingerprint density at radius 3 is 2.12 bits per heavy atom. The molecule has 0 bridgehead atoms. The van der Waals surface area contributed by atoms with Crippen LogP contribution in [0.4, 0.5) is 0 Å². The number of hydrogen-bond acceptors (Lipinski definition) is 2. The fourth-order valence-corrected chi connectivity index (χ4v) is 3.09. The van der Waals surface area contributed by atoms with E-state index in [0.717, 1.165) is 31.5 Å². The zero-order chi connectivity index (χ0) is 17.3. The monoisotopic (exact) mass is 331 g/mol. The fraction of sp³-hybridized carbons (Fsp3) is 0.286. The van der Waals surface area contributed by atoms with Crippen LogP contribution < -0.4 is 0 Å². The van der Waals surface area contributed by atoms with Crippen molar-refractivity contribution in [1.29, 1.82) is 0 Å². The van der Waals surface area contributed by atoms with E-state index in [4.69, 9.17) is 5.11 Å². The maximum Gasteiger partial charge on any atom is 0.266 e. The van der Waals surface area contributed by atoms with Gasteiger partial charge in [0, 0.05) is 31.2 Å². The summed E-state index contributed by atoms with van der Waals surface area (Å²) in [7, 11) is 2.25. The zero-order valence-electron chi connectivity index (χ0n) is 14.5. The van der Waals surface area contributed by atoms with E-state index in [1.165, 1.54) is 11.1 Å². The highest BCUT2D eigenvalue weighted by Gasteiger charge is 2.18. The molecule has 127 valence electrons. The normalized spacial score (nSPS) is 11.0. The van der Waals surface area contributed by atoms with Gasteiger partial charge in [-0.15, -0.1) is 0 Å². The summed E-state index contributed by atoms with van der Waals surface area (Å²) in [6.07, 6.45) is 7.77. The molecule has 0 aliphatic heterocycles. The number of nitrogens with zero attached hydrogens (tertiary/aromatic N) is 2. The Morgan fingerprint density at radius 2 is 1.52 bits per heavy atom. The number of aliphatic hydroxyl groups is 1. The minimum Gasteiger partial charge on any atom is -0.396 e. The molecule has 1 heterocycles. The molecule has 3 rings (SSSR count). The molecule has 0 spiro atoms. The number of hydrogen-bond donors (Lipinski definition) is 1. The van der Waals surface area contributed by atoms with Gasteiger partial charge in [0.1, 0.15) is 0 Å². The number of benzene rings is 2. The first-order chi connectivity index (χ1) is 12.4. The van der Waals surface area contributed by atoms with Crippen LogP contribution in [0.2, 0.25) is 0 Å². The van der Waals surface area contributed by atoms with Crippen LogP contribution in [0.1, 0.15) is 42.0 Å².